The summed E-state index contributed by atoms with van der Waals surface area (Å²) in [5.41, 5.74) is 6.05. The molecule has 2 fully saturated rings. The smallest absolute Gasteiger partial charge is 0.387 e. The molecule has 1 amide bonds. The molecule has 1 aromatic rings. The fourth-order valence-electron chi connectivity index (χ4n) is 3.57. The number of amides is 1. The molecule has 4 atom stereocenters. The van der Waals surface area contributed by atoms with Crippen LogP contribution in [-0.2, 0) is 0 Å². The predicted octanol–water partition coefficient (Wildman–Crippen LogP) is 1.42. The van der Waals surface area contributed by atoms with Crippen LogP contribution in [0.25, 0.3) is 0 Å². The standard InChI is InChI=1S/C18H26F2N4O2/c1-13-11-22(10-7-21)12-16-23(13)8-2-9-24(16)17(25)14-3-5-15(6-4-14)26-18(19)20/h3-6,13,16,18H,2,7-12,21H2,1H3/i8D,11D. The van der Waals surface area contributed by atoms with E-state index in [0.717, 1.165) is 0 Å². The zero-order valence-electron chi connectivity index (χ0n) is 16.7. The van der Waals surface area contributed by atoms with E-state index in [1.54, 1.807) is 4.90 Å². The lowest BCUT2D eigenvalue weighted by molar-refractivity contribution is -0.0616. The maximum atomic E-state index is 13.1. The number of hydrogen-bond acceptors (Lipinski definition) is 5. The Balaban J connectivity index is 1.81. The SMILES string of the molecule is [2H]C1C(C)N2C([2H])CCN(C(=O)c3ccc(OC(F)F)cc3)C2CN1CCN. The van der Waals surface area contributed by atoms with Gasteiger partial charge in [0.15, 0.2) is 0 Å². The largest absolute Gasteiger partial charge is 0.435 e. The van der Waals surface area contributed by atoms with Crippen molar-refractivity contribution in [2.75, 3.05) is 39.2 Å². The van der Waals surface area contributed by atoms with Crippen LogP contribution in [0.15, 0.2) is 24.3 Å². The van der Waals surface area contributed by atoms with Crippen molar-refractivity contribution >= 4 is 5.91 Å². The molecule has 26 heavy (non-hydrogen) atoms. The summed E-state index contributed by atoms with van der Waals surface area (Å²) >= 11 is 0. The molecule has 2 heterocycles. The molecule has 8 heteroatoms. The van der Waals surface area contributed by atoms with Crippen LogP contribution >= 0.6 is 0 Å². The Morgan fingerprint density at radius 2 is 2.15 bits per heavy atom. The molecule has 0 radical (unpaired) electrons. The number of benzene rings is 1. The van der Waals surface area contributed by atoms with Gasteiger partial charge in [-0.1, -0.05) is 0 Å². The van der Waals surface area contributed by atoms with Crippen molar-refractivity contribution in [2.45, 2.75) is 32.2 Å². The summed E-state index contributed by atoms with van der Waals surface area (Å²) in [5, 5.41) is 0. The van der Waals surface area contributed by atoms with Crippen molar-refractivity contribution in [3.63, 3.8) is 0 Å². The number of hydrogen-bond donors (Lipinski definition) is 1. The molecule has 2 N–H and O–H groups in total. The minimum atomic E-state index is -2.92. The Hall–Kier alpha value is -1.77. The molecule has 0 aliphatic carbocycles. The van der Waals surface area contributed by atoms with Gasteiger partial charge >= 0.3 is 6.61 Å². The van der Waals surface area contributed by atoms with E-state index in [0.29, 0.717) is 38.2 Å². The maximum Gasteiger partial charge on any atom is 0.387 e. The molecule has 6 nitrogen and oxygen atoms in total. The Morgan fingerprint density at radius 1 is 1.42 bits per heavy atom. The van der Waals surface area contributed by atoms with Crippen LogP contribution < -0.4 is 10.5 Å². The molecule has 0 saturated carbocycles. The number of nitrogens with zero attached hydrogens (tertiary/aromatic N) is 3. The number of alkyl halides is 2. The highest BCUT2D eigenvalue weighted by Crippen LogP contribution is 2.25. The zero-order chi connectivity index (χ0) is 20.4. The minimum Gasteiger partial charge on any atom is -0.435 e. The first kappa shape index (κ1) is 16.4. The lowest BCUT2D eigenvalue weighted by Gasteiger charge is -2.52. The topological polar surface area (TPSA) is 62.0 Å². The molecule has 0 bridgehead atoms. The predicted molar refractivity (Wildman–Crippen MR) is 94.2 cm³/mol. The van der Waals surface area contributed by atoms with Gasteiger partial charge in [0.25, 0.3) is 5.91 Å². The Labute approximate surface area is 155 Å². The van der Waals surface area contributed by atoms with Gasteiger partial charge < -0.3 is 15.4 Å². The fourth-order valence-corrected chi connectivity index (χ4v) is 3.57. The first-order chi connectivity index (χ1) is 13.3. The number of rotatable bonds is 5. The van der Waals surface area contributed by atoms with Crippen molar-refractivity contribution in [3.8, 4) is 5.75 Å². The quantitative estimate of drug-likeness (QED) is 0.850. The molecule has 2 aliphatic heterocycles. The maximum absolute atomic E-state index is 13.1. The second-order valence-electron chi connectivity index (χ2n) is 6.47. The number of carbonyl (C=O) groups excluding carboxylic acids is 1. The Kier molecular flexibility index (Phi) is 5.23. The monoisotopic (exact) mass is 370 g/mol. The summed E-state index contributed by atoms with van der Waals surface area (Å²) in [6.07, 6.45) is 0.159. The molecule has 2 aliphatic rings. The molecule has 1 aromatic carbocycles. The molecule has 4 unspecified atom stereocenters. The zero-order valence-corrected chi connectivity index (χ0v) is 14.7. The number of nitrogens with two attached hydrogens (primary N) is 1. The fraction of sp³-hybridized carbons (Fsp3) is 0.611. The number of fused-ring (bicyclic) bond motifs is 1. The second-order valence-corrected chi connectivity index (χ2v) is 6.47. The van der Waals surface area contributed by atoms with Crippen LogP contribution in [0.1, 0.15) is 26.4 Å². The Bertz CT molecular complexity index is 682. The van der Waals surface area contributed by atoms with Crippen LogP contribution in [0.2, 0.25) is 0 Å². The van der Waals surface area contributed by atoms with Crippen LogP contribution in [-0.4, -0.2) is 78.6 Å². The summed E-state index contributed by atoms with van der Waals surface area (Å²) in [6.45, 7) is -0.155. The van der Waals surface area contributed by atoms with E-state index in [2.05, 4.69) is 4.74 Å². The van der Waals surface area contributed by atoms with Gasteiger partial charge in [0.1, 0.15) is 5.75 Å². The lowest BCUT2D eigenvalue weighted by Crippen LogP contribution is -2.67. The third kappa shape index (κ3) is 4.13. The summed E-state index contributed by atoms with van der Waals surface area (Å²) in [6, 6.07) is 5.41. The highest BCUT2D eigenvalue weighted by Gasteiger charge is 2.39. The van der Waals surface area contributed by atoms with Gasteiger partial charge in [0.05, 0.1) is 6.17 Å². The van der Waals surface area contributed by atoms with Crippen LogP contribution in [0, 0.1) is 0 Å². The van der Waals surface area contributed by atoms with Gasteiger partial charge in [-0.05, 0) is 37.6 Å². The van der Waals surface area contributed by atoms with Gasteiger partial charge in [0, 0.05) is 53.6 Å². The van der Waals surface area contributed by atoms with E-state index in [4.69, 9.17) is 8.48 Å². The van der Waals surface area contributed by atoms with Crippen molar-refractivity contribution < 1.29 is 21.1 Å². The van der Waals surface area contributed by atoms with Crippen molar-refractivity contribution in [3.05, 3.63) is 29.8 Å². The second kappa shape index (κ2) is 8.28. The Morgan fingerprint density at radius 3 is 2.81 bits per heavy atom. The van der Waals surface area contributed by atoms with Crippen molar-refractivity contribution in [1.29, 1.82) is 0 Å². The molecule has 2 saturated heterocycles. The van der Waals surface area contributed by atoms with E-state index in [9.17, 15) is 13.6 Å². The number of piperazine rings is 1. The summed E-state index contributed by atoms with van der Waals surface area (Å²) in [7, 11) is 0. The van der Waals surface area contributed by atoms with Gasteiger partial charge in [-0.25, -0.2) is 0 Å². The van der Waals surface area contributed by atoms with Gasteiger partial charge in [-0.15, -0.1) is 0 Å². The third-order valence-electron chi connectivity index (χ3n) is 4.71. The van der Waals surface area contributed by atoms with Crippen molar-refractivity contribution in [1.82, 2.24) is 14.7 Å². The average molecular weight is 370 g/mol. The molecule has 0 aromatic heterocycles. The number of carbonyl (C=O) groups is 1. The van der Waals surface area contributed by atoms with Crippen LogP contribution in [0.4, 0.5) is 8.78 Å². The van der Waals surface area contributed by atoms with E-state index >= 15 is 0 Å². The molecular weight excluding hydrogens is 342 g/mol. The normalized spacial score (nSPS) is 31.3. The summed E-state index contributed by atoms with van der Waals surface area (Å²) in [5.74, 6) is -0.232. The van der Waals surface area contributed by atoms with Gasteiger partial charge in [-0.2, -0.15) is 8.78 Å². The summed E-state index contributed by atoms with van der Waals surface area (Å²) in [4.78, 5) is 18.7. The summed E-state index contributed by atoms with van der Waals surface area (Å²) < 4.78 is 45.8. The lowest BCUT2D eigenvalue weighted by atomic mass is 10.0. The van der Waals surface area contributed by atoms with E-state index in [1.165, 1.54) is 24.3 Å². The van der Waals surface area contributed by atoms with E-state index < -0.39 is 19.7 Å². The number of halogens is 2. The number of ether oxygens (including phenoxy) is 1. The third-order valence-corrected chi connectivity index (χ3v) is 4.71. The van der Waals surface area contributed by atoms with Gasteiger partial charge in [-0.3, -0.25) is 14.6 Å². The average Bonchev–Trinajstić information content (AvgIpc) is 2.65. The highest BCUT2D eigenvalue weighted by atomic mass is 19.3. The van der Waals surface area contributed by atoms with Crippen molar-refractivity contribution in [2.24, 2.45) is 5.73 Å². The van der Waals surface area contributed by atoms with E-state index in [1.807, 2.05) is 16.7 Å². The first-order valence-corrected chi connectivity index (χ1v) is 8.75. The molecule has 144 valence electrons. The minimum absolute atomic E-state index is 0.00417. The highest BCUT2D eigenvalue weighted by molar-refractivity contribution is 5.94. The van der Waals surface area contributed by atoms with Crippen LogP contribution in [0.3, 0.4) is 0 Å². The molecule has 3 rings (SSSR count). The molecular formula is C18H26F2N4O2. The first-order valence-electron chi connectivity index (χ1n) is 9.91. The van der Waals surface area contributed by atoms with Gasteiger partial charge in [0.2, 0.25) is 0 Å². The van der Waals surface area contributed by atoms with E-state index in [-0.39, 0.29) is 23.9 Å². The van der Waals surface area contributed by atoms with Crippen LogP contribution in [0.5, 0.6) is 5.75 Å². The molecule has 0 spiro atoms.